The molecule has 2 aromatic carbocycles. The Kier molecular flexibility index (Phi) is 6.75. The third-order valence-electron chi connectivity index (χ3n) is 6.12. The zero-order valence-corrected chi connectivity index (χ0v) is 21.4. The number of carbonyl (C=O) groups is 1. The molecular weight excluding hydrogens is 490 g/mol. The van der Waals surface area contributed by atoms with Crippen LogP contribution in [0.2, 0.25) is 5.02 Å². The van der Waals surface area contributed by atoms with Crippen molar-refractivity contribution in [2.45, 2.75) is 23.5 Å². The van der Waals surface area contributed by atoms with E-state index in [0.29, 0.717) is 10.9 Å². The molecule has 0 bridgehead atoms. The van der Waals surface area contributed by atoms with Crippen molar-refractivity contribution >= 4 is 45.7 Å². The number of rotatable bonds is 9. The quantitative estimate of drug-likeness (QED) is 0.401. The number of amides is 1. The number of hydrogen-bond donors (Lipinski definition) is 1. The lowest BCUT2D eigenvalue weighted by molar-refractivity contribution is -0.118. The minimum atomic E-state index is -0.532. The second-order valence-electron chi connectivity index (χ2n) is 8.75. The predicted octanol–water partition coefficient (Wildman–Crippen LogP) is 5.58. The van der Waals surface area contributed by atoms with Gasteiger partial charge in [0.05, 0.1) is 10.7 Å². The van der Waals surface area contributed by atoms with Gasteiger partial charge in [-0.3, -0.25) is 4.79 Å². The van der Waals surface area contributed by atoms with Crippen LogP contribution in [-0.2, 0) is 10.2 Å². The molecule has 178 valence electrons. The number of nitrogens with zero attached hydrogens (tertiary/aromatic N) is 2. The maximum Gasteiger partial charge on any atom is 0.236 e. The molecule has 5 rings (SSSR count). The fourth-order valence-electron chi connectivity index (χ4n) is 4.01. The molecule has 1 aliphatic carbocycles. The summed E-state index contributed by atoms with van der Waals surface area (Å²) in [6.45, 7) is 1.19. The van der Waals surface area contributed by atoms with Crippen LogP contribution in [0.5, 0.6) is 11.5 Å². The molecule has 6 nitrogen and oxygen atoms in total. The molecule has 1 atom stereocenters. The first-order chi connectivity index (χ1) is 16.5. The maximum atomic E-state index is 13.3. The SMILES string of the molecule is CN(C)CCSC(c1cnc(NC(=O)C2(c3ccc4c(c3)OCO4)CC2)s1)c1ccccc1Cl. The van der Waals surface area contributed by atoms with E-state index >= 15 is 0 Å². The van der Waals surface area contributed by atoms with Crippen LogP contribution in [0, 0.1) is 0 Å². The number of aromatic nitrogens is 1. The largest absolute Gasteiger partial charge is 0.454 e. The highest BCUT2D eigenvalue weighted by atomic mass is 35.5. The monoisotopic (exact) mass is 515 g/mol. The highest BCUT2D eigenvalue weighted by Gasteiger charge is 2.52. The Hall–Kier alpha value is -2.26. The van der Waals surface area contributed by atoms with Crippen LogP contribution in [0.3, 0.4) is 0 Å². The topological polar surface area (TPSA) is 63.7 Å². The zero-order chi connectivity index (χ0) is 23.7. The van der Waals surface area contributed by atoms with Gasteiger partial charge in [0.1, 0.15) is 0 Å². The first-order valence-electron chi connectivity index (χ1n) is 11.1. The number of thiazole rings is 1. The van der Waals surface area contributed by atoms with Gasteiger partial charge < -0.3 is 19.7 Å². The molecule has 1 amide bonds. The Morgan fingerprint density at radius 2 is 2.03 bits per heavy atom. The molecule has 1 saturated carbocycles. The van der Waals surface area contributed by atoms with Crippen LogP contribution in [0.15, 0.2) is 48.7 Å². The summed E-state index contributed by atoms with van der Waals surface area (Å²) >= 11 is 9.89. The van der Waals surface area contributed by atoms with Gasteiger partial charge in [-0.2, -0.15) is 0 Å². The van der Waals surface area contributed by atoms with Crippen LogP contribution in [0.25, 0.3) is 0 Å². The number of fused-ring (bicyclic) bond motifs is 1. The van der Waals surface area contributed by atoms with Crippen LogP contribution in [0.1, 0.15) is 34.1 Å². The van der Waals surface area contributed by atoms with Crippen molar-refractivity contribution < 1.29 is 14.3 Å². The zero-order valence-electron chi connectivity index (χ0n) is 19.0. The predicted molar refractivity (Wildman–Crippen MR) is 139 cm³/mol. The van der Waals surface area contributed by atoms with Crippen LogP contribution >= 0.6 is 34.7 Å². The molecule has 34 heavy (non-hydrogen) atoms. The smallest absolute Gasteiger partial charge is 0.236 e. The number of ether oxygens (including phenoxy) is 2. The fourth-order valence-corrected chi connectivity index (χ4v) is 6.80. The van der Waals surface area contributed by atoms with E-state index in [1.165, 1.54) is 11.3 Å². The summed E-state index contributed by atoms with van der Waals surface area (Å²) in [6.07, 6.45) is 3.47. The first-order valence-corrected chi connectivity index (χ1v) is 13.4. The molecule has 3 aromatic rings. The maximum absolute atomic E-state index is 13.3. The van der Waals surface area contributed by atoms with Crippen molar-refractivity contribution in [1.29, 1.82) is 0 Å². The van der Waals surface area contributed by atoms with E-state index in [1.54, 1.807) is 0 Å². The Labute approximate surface area is 212 Å². The van der Waals surface area contributed by atoms with Gasteiger partial charge in [-0.05, 0) is 56.3 Å². The average Bonchev–Trinajstić information content (AvgIpc) is 3.28. The molecule has 1 unspecified atom stereocenters. The molecule has 9 heteroatoms. The summed E-state index contributed by atoms with van der Waals surface area (Å²) < 4.78 is 10.9. The number of halogens is 1. The average molecular weight is 516 g/mol. The van der Waals surface area contributed by atoms with Gasteiger partial charge in [-0.1, -0.05) is 35.9 Å². The lowest BCUT2D eigenvalue weighted by Crippen LogP contribution is -2.27. The Morgan fingerprint density at radius 1 is 1.24 bits per heavy atom. The molecule has 2 aliphatic rings. The number of benzene rings is 2. The van der Waals surface area contributed by atoms with Gasteiger partial charge in [0.15, 0.2) is 16.6 Å². The Bertz CT molecular complexity index is 1200. The standard InChI is InChI=1S/C25H26ClN3O3S2/c1-29(2)11-12-33-22(17-5-3-4-6-18(17)26)21-14-27-24(34-21)28-23(30)25(9-10-25)16-7-8-19-20(13-16)32-15-31-19/h3-8,13-14,22H,9-12,15H2,1-2H3,(H,27,28,30). The summed E-state index contributed by atoms with van der Waals surface area (Å²) in [4.78, 5) is 21.1. The molecule has 0 radical (unpaired) electrons. The summed E-state index contributed by atoms with van der Waals surface area (Å²) in [6, 6.07) is 13.7. The minimum Gasteiger partial charge on any atom is -0.454 e. The number of anilines is 1. The first kappa shape index (κ1) is 23.5. The van der Waals surface area contributed by atoms with Gasteiger partial charge in [0, 0.05) is 28.4 Å². The normalized spacial score (nSPS) is 16.5. The fraction of sp³-hybridized carbons (Fsp3) is 0.360. The van der Waals surface area contributed by atoms with Crippen LogP contribution in [0.4, 0.5) is 5.13 Å². The minimum absolute atomic E-state index is 0.0261. The number of hydrogen-bond acceptors (Lipinski definition) is 7. The van der Waals surface area contributed by atoms with Crippen molar-refractivity contribution in [3.8, 4) is 11.5 Å². The van der Waals surface area contributed by atoms with E-state index in [4.69, 9.17) is 21.1 Å². The second-order valence-corrected chi connectivity index (χ2v) is 11.4. The van der Waals surface area contributed by atoms with Gasteiger partial charge in [-0.15, -0.1) is 23.1 Å². The van der Waals surface area contributed by atoms with Crippen molar-refractivity contribution in [2.24, 2.45) is 0 Å². The van der Waals surface area contributed by atoms with Crippen LogP contribution in [-0.4, -0.2) is 49.0 Å². The van der Waals surface area contributed by atoms with E-state index in [-0.39, 0.29) is 18.0 Å². The molecule has 1 N–H and O–H groups in total. The summed E-state index contributed by atoms with van der Waals surface area (Å²) in [5.74, 6) is 2.35. The highest BCUT2D eigenvalue weighted by Crippen LogP contribution is 2.51. The number of nitrogens with one attached hydrogen (secondary N) is 1. The van der Waals surface area contributed by atoms with Gasteiger partial charge >= 0.3 is 0 Å². The van der Waals surface area contributed by atoms with E-state index in [0.717, 1.165) is 51.9 Å². The third kappa shape index (κ3) is 4.77. The van der Waals surface area contributed by atoms with E-state index in [9.17, 15) is 4.79 Å². The van der Waals surface area contributed by atoms with Crippen molar-refractivity contribution in [2.75, 3.05) is 38.5 Å². The third-order valence-corrected chi connectivity index (χ3v) is 8.85. The molecule has 0 spiro atoms. The lowest BCUT2D eigenvalue weighted by Gasteiger charge is -2.18. The Morgan fingerprint density at radius 3 is 2.79 bits per heavy atom. The lowest BCUT2D eigenvalue weighted by atomic mass is 9.94. The second kappa shape index (κ2) is 9.77. The van der Waals surface area contributed by atoms with E-state index < -0.39 is 5.41 Å². The molecule has 1 aliphatic heterocycles. The van der Waals surface area contributed by atoms with Crippen molar-refractivity contribution in [3.05, 3.63) is 69.7 Å². The van der Waals surface area contributed by atoms with Gasteiger partial charge in [0.25, 0.3) is 0 Å². The molecule has 2 heterocycles. The van der Waals surface area contributed by atoms with Crippen molar-refractivity contribution in [1.82, 2.24) is 9.88 Å². The van der Waals surface area contributed by atoms with Crippen molar-refractivity contribution in [3.63, 3.8) is 0 Å². The summed E-state index contributed by atoms with van der Waals surface area (Å²) in [5, 5.41) is 4.48. The molecule has 0 saturated heterocycles. The van der Waals surface area contributed by atoms with Crippen LogP contribution < -0.4 is 14.8 Å². The number of thioether (sulfide) groups is 1. The molecular formula is C25H26ClN3O3S2. The summed E-state index contributed by atoms with van der Waals surface area (Å²) in [5.41, 5.74) is 1.49. The summed E-state index contributed by atoms with van der Waals surface area (Å²) in [7, 11) is 4.14. The van der Waals surface area contributed by atoms with E-state index in [2.05, 4.69) is 35.4 Å². The Balaban J connectivity index is 1.33. The molecule has 1 aromatic heterocycles. The highest BCUT2D eigenvalue weighted by molar-refractivity contribution is 7.99. The number of carbonyl (C=O) groups excluding carboxylic acids is 1. The van der Waals surface area contributed by atoms with E-state index in [1.807, 2.05) is 54.4 Å². The van der Waals surface area contributed by atoms with Gasteiger partial charge in [-0.25, -0.2) is 4.98 Å². The molecule has 1 fully saturated rings. The van der Waals surface area contributed by atoms with Gasteiger partial charge in [0.2, 0.25) is 12.7 Å².